The molecule has 0 radical (unpaired) electrons. The van der Waals surface area contributed by atoms with E-state index in [-0.39, 0.29) is 11.8 Å². The number of carbonyl (C=O) groups excluding carboxylic acids is 2. The Morgan fingerprint density at radius 1 is 1.12 bits per heavy atom. The maximum absolute atomic E-state index is 12.7. The number of allylic oxidation sites excluding steroid dienone is 1. The molecule has 0 bridgehead atoms. The first kappa shape index (κ1) is 16.3. The lowest BCUT2D eigenvalue weighted by molar-refractivity contribution is 0.0600. The Morgan fingerprint density at radius 3 is 2.58 bits per heavy atom. The predicted octanol–water partition coefficient (Wildman–Crippen LogP) is 4.16. The van der Waals surface area contributed by atoms with Crippen LogP contribution in [-0.2, 0) is 17.7 Å². The first-order valence-corrected chi connectivity index (χ1v) is 8.60. The minimum Gasteiger partial charge on any atom is -0.465 e. The number of ether oxygens (including phenoxy) is 1. The van der Waals surface area contributed by atoms with Crippen LogP contribution in [0, 0.1) is 0 Å². The summed E-state index contributed by atoms with van der Waals surface area (Å²) in [5.74, 6) is -0.285. The van der Waals surface area contributed by atoms with Gasteiger partial charge in [0.05, 0.1) is 18.2 Å². The molecule has 4 rings (SSSR count). The van der Waals surface area contributed by atoms with Crippen LogP contribution in [0.1, 0.15) is 38.4 Å². The normalized spacial score (nSPS) is 13.7. The zero-order valence-corrected chi connectivity index (χ0v) is 14.6. The largest absolute Gasteiger partial charge is 0.465 e. The summed E-state index contributed by atoms with van der Waals surface area (Å²) in [6.07, 6.45) is 1.51. The predicted molar refractivity (Wildman–Crippen MR) is 101 cm³/mol. The van der Waals surface area contributed by atoms with Crippen LogP contribution in [0.2, 0.25) is 0 Å². The highest BCUT2D eigenvalue weighted by Gasteiger charge is 2.27. The van der Waals surface area contributed by atoms with Crippen molar-refractivity contribution in [3.8, 4) is 0 Å². The number of hydrogen-bond acceptors (Lipinski definition) is 3. The maximum Gasteiger partial charge on any atom is 0.337 e. The van der Waals surface area contributed by atoms with E-state index < -0.39 is 0 Å². The van der Waals surface area contributed by atoms with Crippen LogP contribution in [0.15, 0.2) is 60.7 Å². The molecule has 0 spiro atoms. The van der Waals surface area contributed by atoms with E-state index in [2.05, 4.69) is 11.1 Å². The molecule has 1 heterocycles. The number of carbonyl (C=O) groups is 2. The fraction of sp³-hybridized carbons (Fsp3) is 0.182. The first-order valence-electron chi connectivity index (χ1n) is 8.60. The lowest BCUT2D eigenvalue weighted by Gasteiger charge is -2.17. The smallest absolute Gasteiger partial charge is 0.337 e. The molecule has 0 N–H and O–H groups in total. The van der Waals surface area contributed by atoms with Crippen molar-refractivity contribution < 1.29 is 14.3 Å². The summed E-state index contributed by atoms with van der Waals surface area (Å²) >= 11 is 0. The second-order valence-corrected chi connectivity index (χ2v) is 6.55. The Kier molecular flexibility index (Phi) is 3.96. The number of aromatic nitrogens is 1. The fourth-order valence-electron chi connectivity index (χ4n) is 3.66. The van der Waals surface area contributed by atoms with Gasteiger partial charge < -0.3 is 9.30 Å². The molecule has 4 nitrogen and oxygen atoms in total. The van der Waals surface area contributed by atoms with Gasteiger partial charge in [-0.05, 0) is 42.2 Å². The average Bonchev–Trinajstić information content (AvgIpc) is 2.99. The van der Waals surface area contributed by atoms with Gasteiger partial charge in [-0.15, -0.1) is 0 Å². The summed E-state index contributed by atoms with van der Waals surface area (Å²) in [6.45, 7) is 4.58. The quantitative estimate of drug-likeness (QED) is 0.529. The second kappa shape index (κ2) is 6.30. The summed E-state index contributed by atoms with van der Waals surface area (Å²) in [7, 11) is 1.37. The number of hydrogen-bond donors (Lipinski definition) is 0. The molecule has 1 aliphatic rings. The van der Waals surface area contributed by atoms with E-state index in [1.54, 1.807) is 12.1 Å². The van der Waals surface area contributed by atoms with Gasteiger partial charge in [0.25, 0.3) is 0 Å². The molecule has 130 valence electrons. The molecule has 0 fully saturated rings. The van der Waals surface area contributed by atoms with Crippen LogP contribution < -0.4 is 0 Å². The van der Waals surface area contributed by atoms with Crippen molar-refractivity contribution in [2.45, 2.75) is 19.4 Å². The van der Waals surface area contributed by atoms with E-state index in [1.807, 2.05) is 36.4 Å². The van der Waals surface area contributed by atoms with Crippen LogP contribution in [0.5, 0.6) is 0 Å². The van der Waals surface area contributed by atoms with Crippen molar-refractivity contribution >= 4 is 22.7 Å². The minimum absolute atomic E-state index is 0.0576. The number of fused-ring (bicyclic) bond motifs is 3. The molecule has 4 heteroatoms. The van der Waals surface area contributed by atoms with Gasteiger partial charge in [0.1, 0.15) is 0 Å². The summed E-state index contributed by atoms with van der Waals surface area (Å²) in [5, 5.41) is 0.986. The van der Waals surface area contributed by atoms with Crippen molar-refractivity contribution in [1.82, 2.24) is 4.57 Å². The third-order valence-electron chi connectivity index (χ3n) is 5.01. The van der Waals surface area contributed by atoms with E-state index >= 15 is 0 Å². The number of rotatable bonds is 3. The third-order valence-corrected chi connectivity index (χ3v) is 5.01. The van der Waals surface area contributed by atoms with Crippen molar-refractivity contribution in [2.75, 3.05) is 7.11 Å². The maximum atomic E-state index is 12.7. The molecule has 0 saturated heterocycles. The van der Waals surface area contributed by atoms with Crippen LogP contribution >= 0.6 is 0 Å². The summed E-state index contributed by atoms with van der Waals surface area (Å²) in [6, 6.07) is 15.4. The van der Waals surface area contributed by atoms with Crippen molar-refractivity contribution in [3.63, 3.8) is 0 Å². The number of benzene rings is 2. The molecule has 0 unspecified atom stereocenters. The first-order chi connectivity index (χ1) is 12.6. The second-order valence-electron chi connectivity index (χ2n) is 6.55. The fourth-order valence-corrected chi connectivity index (χ4v) is 3.66. The molecule has 0 atom stereocenters. The van der Waals surface area contributed by atoms with Crippen LogP contribution in [0.3, 0.4) is 0 Å². The van der Waals surface area contributed by atoms with Crippen LogP contribution in [-0.4, -0.2) is 23.4 Å². The van der Waals surface area contributed by atoms with Crippen molar-refractivity contribution in [3.05, 3.63) is 83.1 Å². The number of Topliss-reactive ketones (excluding diaryl/α,β-unsaturated/α-hetero) is 1. The molecule has 1 aliphatic carbocycles. The highest BCUT2D eigenvalue weighted by Crippen LogP contribution is 2.34. The van der Waals surface area contributed by atoms with Gasteiger partial charge in [0, 0.05) is 23.1 Å². The topological polar surface area (TPSA) is 48.3 Å². The lowest BCUT2D eigenvalue weighted by atomic mass is 9.91. The number of esters is 1. The molecule has 0 saturated carbocycles. The molecule has 0 amide bonds. The highest BCUT2D eigenvalue weighted by atomic mass is 16.5. The van der Waals surface area contributed by atoms with Gasteiger partial charge in [0.2, 0.25) is 0 Å². The zero-order valence-electron chi connectivity index (χ0n) is 14.6. The van der Waals surface area contributed by atoms with Crippen molar-refractivity contribution in [2.24, 2.45) is 0 Å². The Hall–Kier alpha value is -3.14. The number of methoxy groups -OCH3 is 1. The average molecular weight is 345 g/mol. The van der Waals surface area contributed by atoms with E-state index in [1.165, 1.54) is 7.11 Å². The molecule has 26 heavy (non-hydrogen) atoms. The molecular weight excluding hydrogens is 326 g/mol. The Bertz CT molecular complexity index is 1040. The van der Waals surface area contributed by atoms with Crippen LogP contribution in [0.4, 0.5) is 0 Å². The van der Waals surface area contributed by atoms with E-state index in [0.29, 0.717) is 24.1 Å². The van der Waals surface area contributed by atoms with Gasteiger partial charge in [-0.25, -0.2) is 4.79 Å². The van der Waals surface area contributed by atoms with Crippen LogP contribution in [0.25, 0.3) is 10.9 Å². The van der Waals surface area contributed by atoms with Gasteiger partial charge in [0.15, 0.2) is 5.78 Å². The molecule has 1 aromatic heterocycles. The van der Waals surface area contributed by atoms with Gasteiger partial charge >= 0.3 is 5.97 Å². The molecule has 0 aliphatic heterocycles. The third kappa shape index (κ3) is 2.54. The Morgan fingerprint density at radius 2 is 1.85 bits per heavy atom. The summed E-state index contributed by atoms with van der Waals surface area (Å²) in [4.78, 5) is 24.3. The number of para-hydroxylation sites is 1. The van der Waals surface area contributed by atoms with E-state index in [9.17, 15) is 9.59 Å². The number of nitrogens with zero attached hydrogens (tertiary/aromatic N) is 1. The summed E-state index contributed by atoms with van der Waals surface area (Å²) in [5.41, 5.74) is 5.20. The molecular formula is C22H19NO3. The zero-order chi connectivity index (χ0) is 18.3. The van der Waals surface area contributed by atoms with Gasteiger partial charge in [-0.1, -0.05) is 36.9 Å². The molecule has 2 aromatic carbocycles. The monoisotopic (exact) mass is 345 g/mol. The Balaban J connectivity index is 1.79. The van der Waals surface area contributed by atoms with Crippen molar-refractivity contribution in [1.29, 1.82) is 0 Å². The SMILES string of the molecule is C=C1CCc2c(c3ccccc3n2Cc2ccc(C(=O)OC)cc2)C1=O. The van der Waals surface area contributed by atoms with Gasteiger partial charge in [-0.3, -0.25) is 4.79 Å². The van der Waals surface area contributed by atoms with E-state index in [0.717, 1.165) is 34.1 Å². The highest BCUT2D eigenvalue weighted by molar-refractivity contribution is 6.18. The molecule has 3 aromatic rings. The minimum atomic E-state index is -0.343. The van der Waals surface area contributed by atoms with Gasteiger partial charge in [-0.2, -0.15) is 0 Å². The van der Waals surface area contributed by atoms with E-state index in [4.69, 9.17) is 4.74 Å². The summed E-state index contributed by atoms with van der Waals surface area (Å²) < 4.78 is 6.96. The standard InChI is InChI=1S/C22H19NO3/c1-14-7-12-19-20(21(14)24)17-5-3-4-6-18(17)23(19)13-15-8-10-16(11-9-15)22(25)26-2/h3-6,8-11H,1,7,12-13H2,2H3. The Labute approximate surface area is 151 Å². The number of ketones is 1. The lowest BCUT2D eigenvalue weighted by Crippen LogP contribution is -2.15.